The second kappa shape index (κ2) is 11.1. The summed E-state index contributed by atoms with van der Waals surface area (Å²) in [5.74, 6) is 0.610. The lowest BCUT2D eigenvalue weighted by molar-refractivity contribution is 0.268. The van der Waals surface area contributed by atoms with Gasteiger partial charge in [0, 0.05) is 18.8 Å². The summed E-state index contributed by atoms with van der Waals surface area (Å²) in [7, 11) is 2.15. The minimum absolute atomic E-state index is 0. The minimum Gasteiger partial charge on any atom is -0.477 e. The van der Waals surface area contributed by atoms with E-state index in [2.05, 4.69) is 41.3 Å². The molecule has 7 heteroatoms. The highest BCUT2D eigenvalue weighted by atomic mass is 35.5. The second-order valence-corrected chi connectivity index (χ2v) is 7.29. The Hall–Kier alpha value is -2.05. The van der Waals surface area contributed by atoms with Crippen molar-refractivity contribution in [2.24, 2.45) is 0 Å². The largest absolute Gasteiger partial charge is 0.477 e. The Balaban J connectivity index is 0.00000280. The normalized spacial score (nSPS) is 10.7. The Morgan fingerprint density at radius 3 is 2.54 bits per heavy atom. The molecule has 3 N–H and O–H groups in total. The summed E-state index contributed by atoms with van der Waals surface area (Å²) >= 11 is 12.0. The molecule has 0 unspecified atom stereocenters. The number of rotatable bonds is 9. The van der Waals surface area contributed by atoms with Crippen molar-refractivity contribution >= 4 is 23.2 Å². The van der Waals surface area contributed by atoms with Crippen LogP contribution in [-0.2, 0) is 6.54 Å². The molecule has 0 amide bonds. The van der Waals surface area contributed by atoms with Crippen molar-refractivity contribution in [2.75, 3.05) is 20.2 Å². The van der Waals surface area contributed by atoms with Gasteiger partial charge in [-0.25, -0.2) is 4.68 Å². The van der Waals surface area contributed by atoms with Crippen molar-refractivity contribution in [3.05, 3.63) is 76.4 Å². The SMILES string of the molecule is CN(CCCCOc1ccn(-c2ccc(Cl)c(Cl)c2)n1)Cc1ccccc1.N. The molecule has 0 saturated heterocycles. The maximum Gasteiger partial charge on any atom is 0.233 e. The van der Waals surface area contributed by atoms with Crippen LogP contribution >= 0.6 is 23.2 Å². The van der Waals surface area contributed by atoms with Crippen LogP contribution in [0.2, 0.25) is 10.0 Å². The average molecular weight is 421 g/mol. The molecule has 3 aromatic rings. The molecule has 28 heavy (non-hydrogen) atoms. The zero-order valence-corrected chi connectivity index (χ0v) is 17.5. The molecule has 0 fully saturated rings. The first kappa shape index (κ1) is 22.2. The van der Waals surface area contributed by atoms with Crippen LogP contribution in [0.3, 0.4) is 0 Å². The van der Waals surface area contributed by atoms with E-state index in [4.69, 9.17) is 27.9 Å². The van der Waals surface area contributed by atoms with Gasteiger partial charge in [0.25, 0.3) is 0 Å². The van der Waals surface area contributed by atoms with Crippen molar-refractivity contribution in [1.29, 1.82) is 0 Å². The summed E-state index contributed by atoms with van der Waals surface area (Å²) in [4.78, 5) is 2.33. The lowest BCUT2D eigenvalue weighted by Crippen LogP contribution is -2.19. The molecule has 0 radical (unpaired) electrons. The highest BCUT2D eigenvalue weighted by Gasteiger charge is 2.05. The third-order valence-corrected chi connectivity index (χ3v) is 4.95. The molecular formula is C21H26Cl2N4O. The zero-order chi connectivity index (χ0) is 19.1. The van der Waals surface area contributed by atoms with Crippen LogP contribution in [0.1, 0.15) is 18.4 Å². The van der Waals surface area contributed by atoms with Crippen molar-refractivity contribution in [3.8, 4) is 11.6 Å². The van der Waals surface area contributed by atoms with E-state index in [-0.39, 0.29) is 6.15 Å². The average Bonchev–Trinajstić information content (AvgIpc) is 3.13. The van der Waals surface area contributed by atoms with Gasteiger partial charge in [0.1, 0.15) is 0 Å². The van der Waals surface area contributed by atoms with Gasteiger partial charge in [0.2, 0.25) is 5.88 Å². The van der Waals surface area contributed by atoms with Crippen LogP contribution in [0.15, 0.2) is 60.8 Å². The number of halogens is 2. The number of nitrogens with zero attached hydrogens (tertiary/aromatic N) is 3. The maximum atomic E-state index is 6.06. The van der Waals surface area contributed by atoms with Gasteiger partial charge in [0.05, 0.1) is 22.3 Å². The van der Waals surface area contributed by atoms with E-state index in [0.29, 0.717) is 22.5 Å². The highest BCUT2D eigenvalue weighted by Crippen LogP contribution is 2.24. The molecule has 1 heterocycles. The fraction of sp³-hybridized carbons (Fsp3) is 0.286. The topological polar surface area (TPSA) is 65.3 Å². The zero-order valence-electron chi connectivity index (χ0n) is 16.0. The Morgan fingerprint density at radius 1 is 1.00 bits per heavy atom. The van der Waals surface area contributed by atoms with Gasteiger partial charge in [-0.05, 0) is 50.2 Å². The van der Waals surface area contributed by atoms with E-state index in [1.54, 1.807) is 16.8 Å². The van der Waals surface area contributed by atoms with Gasteiger partial charge < -0.3 is 15.8 Å². The number of aromatic nitrogens is 2. The van der Waals surface area contributed by atoms with Crippen LogP contribution in [0.4, 0.5) is 0 Å². The lowest BCUT2D eigenvalue weighted by atomic mass is 10.2. The molecular weight excluding hydrogens is 395 g/mol. The fourth-order valence-electron chi connectivity index (χ4n) is 2.79. The third-order valence-electron chi connectivity index (χ3n) is 4.21. The van der Waals surface area contributed by atoms with Crippen LogP contribution in [0.5, 0.6) is 5.88 Å². The van der Waals surface area contributed by atoms with Crippen molar-refractivity contribution in [3.63, 3.8) is 0 Å². The molecule has 0 aliphatic rings. The monoisotopic (exact) mass is 420 g/mol. The molecule has 0 aliphatic heterocycles. The predicted octanol–water partition coefficient (Wildman–Crippen LogP) is 5.63. The fourth-order valence-corrected chi connectivity index (χ4v) is 3.08. The molecule has 3 rings (SSSR count). The third kappa shape index (κ3) is 6.53. The predicted molar refractivity (Wildman–Crippen MR) is 116 cm³/mol. The standard InChI is InChI=1S/C21H23Cl2N3O.H3N/c1-25(16-17-7-3-2-4-8-17)12-5-6-14-27-21-11-13-26(24-21)18-9-10-19(22)20(23)15-18;/h2-4,7-11,13,15H,5-6,12,14,16H2,1H3;1H3. The number of hydrogen-bond acceptors (Lipinski definition) is 4. The maximum absolute atomic E-state index is 6.06. The van der Waals surface area contributed by atoms with Crippen molar-refractivity contribution in [1.82, 2.24) is 20.8 Å². The van der Waals surface area contributed by atoms with Gasteiger partial charge in [-0.3, -0.25) is 0 Å². The molecule has 0 bridgehead atoms. The van der Waals surface area contributed by atoms with Gasteiger partial charge in [-0.2, -0.15) is 0 Å². The Bertz CT molecular complexity index is 855. The summed E-state index contributed by atoms with van der Waals surface area (Å²) in [6.45, 7) is 2.66. The Labute approximate surface area is 176 Å². The van der Waals surface area contributed by atoms with E-state index < -0.39 is 0 Å². The van der Waals surface area contributed by atoms with Gasteiger partial charge >= 0.3 is 0 Å². The first-order valence-corrected chi connectivity index (χ1v) is 9.74. The molecule has 5 nitrogen and oxygen atoms in total. The van der Waals surface area contributed by atoms with Crippen molar-refractivity contribution < 1.29 is 4.74 Å². The van der Waals surface area contributed by atoms with E-state index in [1.165, 1.54) is 5.56 Å². The number of ether oxygens (including phenoxy) is 1. The summed E-state index contributed by atoms with van der Waals surface area (Å²) in [5, 5.41) is 5.46. The quantitative estimate of drug-likeness (QED) is 0.455. The van der Waals surface area contributed by atoms with Gasteiger partial charge in [-0.15, -0.1) is 5.10 Å². The van der Waals surface area contributed by atoms with E-state index in [9.17, 15) is 0 Å². The number of benzene rings is 2. The van der Waals surface area contributed by atoms with Crippen LogP contribution < -0.4 is 10.9 Å². The number of hydrogen-bond donors (Lipinski definition) is 1. The van der Waals surface area contributed by atoms with E-state index >= 15 is 0 Å². The van der Waals surface area contributed by atoms with Crippen molar-refractivity contribution in [2.45, 2.75) is 19.4 Å². The summed E-state index contributed by atoms with van der Waals surface area (Å²) in [6, 6.07) is 17.8. The molecule has 2 aromatic carbocycles. The van der Waals surface area contributed by atoms with Crippen LogP contribution in [-0.4, -0.2) is 34.9 Å². The first-order chi connectivity index (χ1) is 13.1. The molecule has 150 valence electrons. The molecule has 0 saturated carbocycles. The van der Waals surface area contributed by atoms with Crippen LogP contribution in [0, 0.1) is 0 Å². The summed E-state index contributed by atoms with van der Waals surface area (Å²) < 4.78 is 7.48. The van der Waals surface area contributed by atoms with Crippen LogP contribution in [0.25, 0.3) is 5.69 Å². The molecule has 0 spiro atoms. The highest BCUT2D eigenvalue weighted by molar-refractivity contribution is 6.42. The molecule has 1 aromatic heterocycles. The second-order valence-electron chi connectivity index (χ2n) is 6.48. The van der Waals surface area contributed by atoms with E-state index in [0.717, 1.165) is 31.6 Å². The lowest BCUT2D eigenvalue weighted by Gasteiger charge is -2.16. The summed E-state index contributed by atoms with van der Waals surface area (Å²) in [6.07, 6.45) is 3.91. The molecule has 0 atom stereocenters. The van der Waals surface area contributed by atoms with Gasteiger partial charge in [0.15, 0.2) is 0 Å². The van der Waals surface area contributed by atoms with E-state index in [1.807, 2.05) is 24.4 Å². The number of unbranched alkanes of at least 4 members (excludes halogenated alkanes) is 1. The Kier molecular flexibility index (Phi) is 8.80. The minimum atomic E-state index is 0. The summed E-state index contributed by atoms with van der Waals surface area (Å²) in [5.41, 5.74) is 2.19. The first-order valence-electron chi connectivity index (χ1n) is 8.98. The van der Waals surface area contributed by atoms with Gasteiger partial charge in [-0.1, -0.05) is 53.5 Å². The smallest absolute Gasteiger partial charge is 0.233 e. The Morgan fingerprint density at radius 2 is 1.79 bits per heavy atom. The molecule has 0 aliphatic carbocycles.